The highest BCUT2D eigenvalue weighted by atomic mass is 16.3. The van der Waals surface area contributed by atoms with E-state index in [2.05, 4.69) is 9.88 Å². The predicted molar refractivity (Wildman–Crippen MR) is 128 cm³/mol. The average Bonchev–Trinajstić information content (AvgIpc) is 3.37. The molecular weight excluding hydrogens is 418 g/mol. The Labute approximate surface area is 193 Å². The summed E-state index contributed by atoms with van der Waals surface area (Å²) in [7, 11) is 3.95. The van der Waals surface area contributed by atoms with Gasteiger partial charge in [0.25, 0.3) is 5.91 Å². The third kappa shape index (κ3) is 5.17. The van der Waals surface area contributed by atoms with Crippen molar-refractivity contribution in [3.8, 4) is 0 Å². The van der Waals surface area contributed by atoms with Crippen molar-refractivity contribution >= 4 is 28.8 Å². The molecule has 1 unspecified atom stereocenters. The number of likely N-dealkylation sites (N-methyl/N-ethyl adjacent to an activating group) is 1. The fourth-order valence-electron chi connectivity index (χ4n) is 4.34. The van der Waals surface area contributed by atoms with E-state index in [4.69, 9.17) is 9.40 Å². The Hall–Kier alpha value is -3.39. The number of anilines is 1. The molecule has 174 valence electrons. The lowest BCUT2D eigenvalue weighted by atomic mass is 10.1. The Balaban J connectivity index is 1.67. The van der Waals surface area contributed by atoms with Crippen molar-refractivity contribution in [3.05, 3.63) is 60.1 Å². The fraction of sp³-hybridized carbons (Fsp3) is 0.400. The van der Waals surface area contributed by atoms with E-state index >= 15 is 0 Å². The van der Waals surface area contributed by atoms with Crippen LogP contribution in [0.15, 0.2) is 53.2 Å². The molecule has 8 heteroatoms. The van der Waals surface area contributed by atoms with Gasteiger partial charge in [-0.2, -0.15) is 0 Å². The number of carbonyl (C=O) groups excluding carboxylic acids is 2. The van der Waals surface area contributed by atoms with Crippen molar-refractivity contribution < 1.29 is 14.0 Å². The van der Waals surface area contributed by atoms with E-state index in [0.717, 1.165) is 48.9 Å². The molecule has 3 aromatic rings. The maximum Gasteiger partial charge on any atom is 0.293 e. The highest BCUT2D eigenvalue weighted by Gasteiger charge is 2.27. The van der Waals surface area contributed by atoms with E-state index in [0.29, 0.717) is 12.5 Å². The number of nitrogens with zero attached hydrogens (tertiary/aromatic N) is 4. The first-order chi connectivity index (χ1) is 15.9. The van der Waals surface area contributed by atoms with Crippen molar-refractivity contribution in [2.24, 2.45) is 0 Å². The predicted octanol–water partition coefficient (Wildman–Crippen LogP) is 3.86. The lowest BCUT2D eigenvalue weighted by molar-refractivity contribution is -0.126. The van der Waals surface area contributed by atoms with Gasteiger partial charge < -0.3 is 18.8 Å². The lowest BCUT2D eigenvalue weighted by Gasteiger charge is -2.26. The first-order valence-corrected chi connectivity index (χ1v) is 11.4. The SMILES string of the molecule is Cc1cccc2nc(NC(=O)c3ccco3)n(C3CCCCN(C(=O)C=CCN(C)C)C3)c12. The summed E-state index contributed by atoms with van der Waals surface area (Å²) in [6.45, 7) is 4.05. The minimum Gasteiger partial charge on any atom is -0.459 e. The topological polar surface area (TPSA) is 83.6 Å². The van der Waals surface area contributed by atoms with Crippen molar-refractivity contribution in [2.45, 2.75) is 32.2 Å². The summed E-state index contributed by atoms with van der Waals surface area (Å²) in [6, 6.07) is 9.26. The zero-order valence-electron chi connectivity index (χ0n) is 19.5. The van der Waals surface area contributed by atoms with Crippen LogP contribution in [0.1, 0.15) is 41.4 Å². The summed E-state index contributed by atoms with van der Waals surface area (Å²) < 4.78 is 7.36. The molecular formula is C25H31N5O3. The number of aromatic nitrogens is 2. The standard InChI is InChI=1S/C25H31N5O3/c1-18-9-6-11-20-23(18)30(25(26-20)27-24(32)21-12-8-16-33-21)19-10-4-5-15-29(17-19)22(31)13-7-14-28(2)3/h6-9,11-13,16,19H,4-5,10,14-15,17H2,1-3H3,(H,26,27,32). The van der Waals surface area contributed by atoms with E-state index in [1.807, 2.05) is 55.1 Å². The maximum atomic E-state index is 12.9. The fourth-order valence-corrected chi connectivity index (χ4v) is 4.34. The number of likely N-dealkylation sites (tertiary alicyclic amines) is 1. The van der Waals surface area contributed by atoms with Gasteiger partial charge in [-0.3, -0.25) is 14.9 Å². The van der Waals surface area contributed by atoms with Crippen LogP contribution < -0.4 is 5.32 Å². The van der Waals surface area contributed by atoms with E-state index in [-0.39, 0.29) is 23.6 Å². The number of imidazole rings is 1. The quantitative estimate of drug-likeness (QED) is 0.578. The zero-order valence-corrected chi connectivity index (χ0v) is 19.5. The van der Waals surface area contributed by atoms with E-state index in [1.54, 1.807) is 18.2 Å². The van der Waals surface area contributed by atoms with Gasteiger partial charge in [-0.05, 0) is 64.0 Å². The van der Waals surface area contributed by atoms with Crippen LogP contribution in [-0.2, 0) is 4.79 Å². The van der Waals surface area contributed by atoms with Gasteiger partial charge in [0.2, 0.25) is 11.9 Å². The van der Waals surface area contributed by atoms with Crippen LogP contribution in [0, 0.1) is 6.92 Å². The van der Waals surface area contributed by atoms with E-state index in [9.17, 15) is 9.59 Å². The molecule has 1 atom stereocenters. The molecule has 33 heavy (non-hydrogen) atoms. The highest BCUT2D eigenvalue weighted by molar-refractivity contribution is 6.02. The molecule has 1 aliphatic rings. The van der Waals surface area contributed by atoms with Crippen LogP contribution in [-0.4, -0.2) is 64.9 Å². The summed E-state index contributed by atoms with van der Waals surface area (Å²) in [5.74, 6) is 0.380. The number of carbonyl (C=O) groups is 2. The average molecular weight is 450 g/mol. The van der Waals surface area contributed by atoms with Gasteiger partial charge in [0, 0.05) is 25.7 Å². The second-order valence-corrected chi connectivity index (χ2v) is 8.78. The number of fused-ring (bicyclic) bond motifs is 1. The molecule has 1 saturated heterocycles. The summed E-state index contributed by atoms with van der Waals surface area (Å²) in [4.78, 5) is 34.3. The molecule has 0 spiro atoms. The van der Waals surface area contributed by atoms with Gasteiger partial charge in [0.1, 0.15) is 0 Å². The van der Waals surface area contributed by atoms with Crippen molar-refractivity contribution in [3.63, 3.8) is 0 Å². The Morgan fingerprint density at radius 1 is 1.24 bits per heavy atom. The molecule has 0 aliphatic carbocycles. The van der Waals surface area contributed by atoms with Crippen LogP contribution >= 0.6 is 0 Å². The molecule has 1 aromatic carbocycles. The first kappa shape index (κ1) is 22.8. The first-order valence-electron chi connectivity index (χ1n) is 11.4. The number of benzene rings is 1. The molecule has 2 amide bonds. The Morgan fingerprint density at radius 3 is 2.85 bits per heavy atom. The molecule has 8 nitrogen and oxygen atoms in total. The molecule has 0 bridgehead atoms. The third-order valence-corrected chi connectivity index (χ3v) is 5.94. The Morgan fingerprint density at radius 2 is 2.09 bits per heavy atom. The number of nitrogens with one attached hydrogen (secondary N) is 1. The monoisotopic (exact) mass is 449 g/mol. The maximum absolute atomic E-state index is 12.9. The van der Waals surface area contributed by atoms with Gasteiger partial charge >= 0.3 is 0 Å². The van der Waals surface area contributed by atoms with Crippen LogP contribution in [0.5, 0.6) is 0 Å². The molecule has 0 saturated carbocycles. The van der Waals surface area contributed by atoms with Gasteiger partial charge in [0.05, 0.1) is 23.3 Å². The zero-order chi connectivity index (χ0) is 23.4. The molecule has 1 aliphatic heterocycles. The second-order valence-electron chi connectivity index (χ2n) is 8.78. The number of para-hydroxylation sites is 1. The van der Waals surface area contributed by atoms with Crippen molar-refractivity contribution in [1.82, 2.24) is 19.4 Å². The van der Waals surface area contributed by atoms with Gasteiger partial charge in [-0.15, -0.1) is 0 Å². The minimum absolute atomic E-state index is 0.00306. The molecule has 1 N–H and O–H groups in total. The number of furan rings is 1. The van der Waals surface area contributed by atoms with Gasteiger partial charge in [-0.1, -0.05) is 18.2 Å². The molecule has 0 radical (unpaired) electrons. The summed E-state index contributed by atoms with van der Waals surface area (Å²) >= 11 is 0. The van der Waals surface area contributed by atoms with E-state index in [1.165, 1.54) is 6.26 Å². The highest BCUT2D eigenvalue weighted by Crippen LogP contribution is 2.32. The van der Waals surface area contributed by atoms with Crippen molar-refractivity contribution in [1.29, 1.82) is 0 Å². The van der Waals surface area contributed by atoms with Crippen molar-refractivity contribution in [2.75, 3.05) is 39.0 Å². The van der Waals surface area contributed by atoms with Gasteiger partial charge in [0.15, 0.2) is 5.76 Å². The minimum atomic E-state index is -0.345. The number of aryl methyl sites for hydroxylation is 1. The third-order valence-electron chi connectivity index (χ3n) is 5.94. The van der Waals surface area contributed by atoms with E-state index < -0.39 is 0 Å². The lowest BCUT2D eigenvalue weighted by Crippen LogP contribution is -2.34. The number of hydrogen-bond donors (Lipinski definition) is 1. The normalized spacial score (nSPS) is 17.1. The molecule has 4 rings (SSSR count). The molecule has 2 aromatic heterocycles. The number of rotatable bonds is 6. The summed E-state index contributed by atoms with van der Waals surface area (Å²) in [5, 5.41) is 2.93. The second kappa shape index (κ2) is 10.0. The molecule has 1 fully saturated rings. The van der Waals surface area contributed by atoms with Gasteiger partial charge in [-0.25, -0.2) is 4.98 Å². The number of hydrogen-bond acceptors (Lipinski definition) is 5. The Kier molecular flexibility index (Phi) is 6.93. The molecule has 3 heterocycles. The van der Waals surface area contributed by atoms with Crippen LogP contribution in [0.25, 0.3) is 11.0 Å². The number of amides is 2. The summed E-state index contributed by atoms with van der Waals surface area (Å²) in [5.41, 5.74) is 2.87. The van der Waals surface area contributed by atoms with Crippen LogP contribution in [0.3, 0.4) is 0 Å². The van der Waals surface area contributed by atoms with Crippen LogP contribution in [0.2, 0.25) is 0 Å². The Bertz CT molecular complexity index is 1150. The van der Waals surface area contributed by atoms with Crippen LogP contribution in [0.4, 0.5) is 5.95 Å². The largest absolute Gasteiger partial charge is 0.459 e. The summed E-state index contributed by atoms with van der Waals surface area (Å²) in [6.07, 6.45) is 7.87. The smallest absolute Gasteiger partial charge is 0.293 e.